The summed E-state index contributed by atoms with van der Waals surface area (Å²) in [7, 11) is 0. The quantitative estimate of drug-likeness (QED) is 0.762. The van der Waals surface area contributed by atoms with E-state index in [1.165, 1.54) is 11.3 Å². The average Bonchev–Trinajstić information content (AvgIpc) is 2.89. The molecule has 0 unspecified atom stereocenters. The van der Waals surface area contributed by atoms with Crippen LogP contribution in [0, 0.1) is 6.92 Å². The van der Waals surface area contributed by atoms with Crippen LogP contribution in [0.4, 0.5) is 0 Å². The third-order valence-corrected chi connectivity index (χ3v) is 3.63. The second kappa shape index (κ2) is 5.74. The topological polar surface area (TPSA) is 34.1 Å². The maximum absolute atomic E-state index is 11.9. The van der Waals surface area contributed by atoms with Crippen molar-refractivity contribution in [2.24, 2.45) is 0 Å². The SMILES string of the molecule is Cc1cccc(C(=O)CCC(=O)c2cccs2)c1. The van der Waals surface area contributed by atoms with Crippen molar-refractivity contribution in [3.05, 3.63) is 57.8 Å². The van der Waals surface area contributed by atoms with E-state index in [1.54, 1.807) is 12.1 Å². The third kappa shape index (κ3) is 3.14. The van der Waals surface area contributed by atoms with Gasteiger partial charge in [-0.05, 0) is 24.4 Å². The van der Waals surface area contributed by atoms with Gasteiger partial charge in [-0.25, -0.2) is 0 Å². The van der Waals surface area contributed by atoms with Crippen molar-refractivity contribution in [3.63, 3.8) is 0 Å². The van der Waals surface area contributed by atoms with Crippen LogP contribution in [0.15, 0.2) is 41.8 Å². The summed E-state index contributed by atoms with van der Waals surface area (Å²) in [5.41, 5.74) is 1.75. The van der Waals surface area contributed by atoms with Crippen LogP contribution in [0.2, 0.25) is 0 Å². The first kappa shape index (κ1) is 12.7. The Kier molecular flexibility index (Phi) is 4.05. The second-order valence-corrected chi connectivity index (χ2v) is 5.14. The van der Waals surface area contributed by atoms with Gasteiger partial charge in [-0.3, -0.25) is 9.59 Å². The molecule has 0 radical (unpaired) electrons. The van der Waals surface area contributed by atoms with E-state index >= 15 is 0 Å². The van der Waals surface area contributed by atoms with Gasteiger partial charge in [0.2, 0.25) is 0 Å². The van der Waals surface area contributed by atoms with Crippen molar-refractivity contribution in [2.45, 2.75) is 19.8 Å². The van der Waals surface area contributed by atoms with E-state index in [0.717, 1.165) is 10.4 Å². The molecule has 0 atom stereocenters. The number of hydrogen-bond donors (Lipinski definition) is 0. The maximum Gasteiger partial charge on any atom is 0.173 e. The van der Waals surface area contributed by atoms with Crippen molar-refractivity contribution in [1.82, 2.24) is 0 Å². The Bertz CT molecular complexity index is 556. The highest BCUT2D eigenvalue weighted by Crippen LogP contribution is 2.14. The van der Waals surface area contributed by atoms with Crippen molar-refractivity contribution >= 4 is 22.9 Å². The van der Waals surface area contributed by atoms with Crippen molar-refractivity contribution in [3.8, 4) is 0 Å². The van der Waals surface area contributed by atoms with Crippen molar-refractivity contribution in [2.75, 3.05) is 0 Å². The number of hydrogen-bond acceptors (Lipinski definition) is 3. The number of carbonyl (C=O) groups excluding carboxylic acids is 2. The van der Waals surface area contributed by atoms with Crippen LogP contribution in [0.5, 0.6) is 0 Å². The van der Waals surface area contributed by atoms with Gasteiger partial charge in [-0.1, -0.05) is 29.8 Å². The molecule has 0 saturated carbocycles. The predicted molar refractivity (Wildman–Crippen MR) is 73.4 cm³/mol. The van der Waals surface area contributed by atoms with Crippen LogP contribution in [0.1, 0.15) is 38.4 Å². The first-order valence-corrected chi connectivity index (χ1v) is 6.71. The second-order valence-electron chi connectivity index (χ2n) is 4.19. The van der Waals surface area contributed by atoms with Crippen LogP contribution in [0.3, 0.4) is 0 Å². The zero-order valence-electron chi connectivity index (χ0n) is 10.2. The molecule has 3 heteroatoms. The Morgan fingerprint density at radius 3 is 2.50 bits per heavy atom. The van der Waals surface area contributed by atoms with Gasteiger partial charge in [0, 0.05) is 18.4 Å². The number of Topliss-reactive ketones (excluding diaryl/α,β-unsaturated/α-hetero) is 2. The Balaban J connectivity index is 1.95. The van der Waals surface area contributed by atoms with Gasteiger partial charge < -0.3 is 0 Å². The molecule has 0 bridgehead atoms. The number of ketones is 2. The number of carbonyl (C=O) groups is 2. The van der Waals surface area contributed by atoms with Gasteiger partial charge in [0.05, 0.1) is 4.88 Å². The standard InChI is InChI=1S/C15H14O2S/c1-11-4-2-5-12(10-11)13(16)7-8-14(17)15-6-3-9-18-15/h2-6,9-10H,7-8H2,1H3. The van der Waals surface area contributed by atoms with E-state index in [0.29, 0.717) is 5.56 Å². The Morgan fingerprint density at radius 2 is 1.83 bits per heavy atom. The number of thiophene rings is 1. The molecule has 2 aromatic rings. The molecule has 0 aliphatic carbocycles. The molecule has 0 N–H and O–H groups in total. The molecule has 1 heterocycles. The lowest BCUT2D eigenvalue weighted by Crippen LogP contribution is -2.04. The third-order valence-electron chi connectivity index (χ3n) is 2.72. The van der Waals surface area contributed by atoms with Gasteiger partial charge in [-0.2, -0.15) is 0 Å². The molecule has 2 nitrogen and oxygen atoms in total. The first-order chi connectivity index (χ1) is 8.66. The number of rotatable bonds is 5. The zero-order chi connectivity index (χ0) is 13.0. The van der Waals surface area contributed by atoms with Gasteiger partial charge in [0.15, 0.2) is 11.6 Å². The fourth-order valence-electron chi connectivity index (χ4n) is 1.75. The summed E-state index contributed by atoms with van der Waals surface area (Å²) < 4.78 is 0. The van der Waals surface area contributed by atoms with E-state index in [2.05, 4.69) is 0 Å². The van der Waals surface area contributed by atoms with Gasteiger partial charge >= 0.3 is 0 Å². The summed E-state index contributed by atoms with van der Waals surface area (Å²) in [6.07, 6.45) is 0.563. The Labute approximate surface area is 110 Å². The molecule has 18 heavy (non-hydrogen) atoms. The molecule has 0 saturated heterocycles. The zero-order valence-corrected chi connectivity index (χ0v) is 11.0. The van der Waals surface area contributed by atoms with E-state index in [4.69, 9.17) is 0 Å². The van der Waals surface area contributed by atoms with Gasteiger partial charge in [-0.15, -0.1) is 11.3 Å². The van der Waals surface area contributed by atoms with Gasteiger partial charge in [0.1, 0.15) is 0 Å². The monoisotopic (exact) mass is 258 g/mol. The molecule has 2 rings (SSSR count). The van der Waals surface area contributed by atoms with E-state index < -0.39 is 0 Å². The summed E-state index contributed by atoms with van der Waals surface area (Å²) in [4.78, 5) is 24.4. The molecular weight excluding hydrogens is 244 g/mol. The predicted octanol–water partition coefficient (Wildman–Crippen LogP) is 3.90. The molecule has 92 valence electrons. The molecule has 1 aromatic heterocycles. The Hall–Kier alpha value is -1.74. The fraction of sp³-hybridized carbons (Fsp3) is 0.200. The highest BCUT2D eigenvalue weighted by atomic mass is 32.1. The van der Waals surface area contributed by atoms with Crippen LogP contribution >= 0.6 is 11.3 Å². The maximum atomic E-state index is 11.9. The summed E-state index contributed by atoms with van der Waals surface area (Å²) in [5, 5.41) is 1.87. The molecule has 1 aromatic carbocycles. The number of benzene rings is 1. The minimum atomic E-state index is 0.0311. The lowest BCUT2D eigenvalue weighted by atomic mass is 10.0. The van der Waals surface area contributed by atoms with Crippen LogP contribution in [0.25, 0.3) is 0 Å². The van der Waals surface area contributed by atoms with E-state index in [-0.39, 0.29) is 24.4 Å². The van der Waals surface area contributed by atoms with Crippen molar-refractivity contribution < 1.29 is 9.59 Å². The van der Waals surface area contributed by atoms with Crippen LogP contribution < -0.4 is 0 Å². The van der Waals surface area contributed by atoms with Crippen LogP contribution in [-0.2, 0) is 0 Å². The van der Waals surface area contributed by atoms with E-state index in [1.807, 2.05) is 36.6 Å². The Morgan fingerprint density at radius 1 is 1.06 bits per heavy atom. The summed E-state index contributed by atoms with van der Waals surface area (Å²) in [6, 6.07) is 11.1. The van der Waals surface area contributed by atoms with Crippen LogP contribution in [-0.4, -0.2) is 11.6 Å². The largest absolute Gasteiger partial charge is 0.294 e. The van der Waals surface area contributed by atoms with Gasteiger partial charge in [0.25, 0.3) is 0 Å². The first-order valence-electron chi connectivity index (χ1n) is 5.83. The lowest BCUT2D eigenvalue weighted by molar-refractivity contribution is 0.0919. The average molecular weight is 258 g/mol. The molecule has 0 amide bonds. The molecular formula is C15H14O2S. The molecule has 0 fully saturated rings. The molecule has 0 aliphatic rings. The highest BCUT2D eigenvalue weighted by molar-refractivity contribution is 7.12. The highest BCUT2D eigenvalue weighted by Gasteiger charge is 2.11. The molecule has 0 spiro atoms. The van der Waals surface area contributed by atoms with E-state index in [9.17, 15) is 9.59 Å². The van der Waals surface area contributed by atoms with Crippen molar-refractivity contribution in [1.29, 1.82) is 0 Å². The summed E-state index contributed by atoms with van der Waals surface area (Å²) in [5.74, 6) is 0.0783. The minimum absolute atomic E-state index is 0.0311. The smallest absolute Gasteiger partial charge is 0.173 e. The summed E-state index contributed by atoms with van der Waals surface area (Å²) >= 11 is 1.42. The number of aryl methyl sites for hydroxylation is 1. The normalized spacial score (nSPS) is 10.3. The lowest BCUT2D eigenvalue weighted by Gasteiger charge is -2.01. The minimum Gasteiger partial charge on any atom is -0.294 e. The fourth-order valence-corrected chi connectivity index (χ4v) is 2.44. The molecule has 0 aliphatic heterocycles. The summed E-state index contributed by atoms with van der Waals surface area (Å²) in [6.45, 7) is 1.95.